The molecule has 0 aliphatic heterocycles. The molecule has 1 aromatic carbocycles. The molecule has 0 amide bonds. The van der Waals surface area contributed by atoms with Crippen LogP contribution in [0.3, 0.4) is 0 Å². The Morgan fingerprint density at radius 3 is 2.56 bits per heavy atom. The number of methoxy groups -OCH3 is 1. The largest absolute Gasteiger partial charge is 0.496 e. The van der Waals surface area contributed by atoms with E-state index < -0.39 is 0 Å². The van der Waals surface area contributed by atoms with Gasteiger partial charge in [-0.05, 0) is 43.1 Å². The van der Waals surface area contributed by atoms with Gasteiger partial charge in [-0.25, -0.2) is 4.39 Å². The highest BCUT2D eigenvalue weighted by molar-refractivity contribution is 5.39. The second-order valence-corrected chi connectivity index (χ2v) is 4.19. The Morgan fingerprint density at radius 2 is 2.06 bits per heavy atom. The number of nitrogens with one attached hydrogen (secondary N) is 1. The van der Waals surface area contributed by atoms with E-state index in [1.165, 1.54) is 6.07 Å². The Kier molecular flexibility index (Phi) is 4.74. The average Bonchev–Trinajstić information content (AvgIpc) is 2.26. The Hall–Kier alpha value is -1.09. The third-order valence-electron chi connectivity index (χ3n) is 2.67. The summed E-state index contributed by atoms with van der Waals surface area (Å²) in [4.78, 5) is 0. The summed E-state index contributed by atoms with van der Waals surface area (Å²) < 4.78 is 18.9. The number of halogens is 1. The van der Waals surface area contributed by atoms with Crippen LogP contribution in [0.25, 0.3) is 0 Å². The van der Waals surface area contributed by atoms with Gasteiger partial charge in [-0.3, -0.25) is 0 Å². The van der Waals surface area contributed by atoms with Crippen molar-refractivity contribution < 1.29 is 9.13 Å². The number of ether oxygens (including phenoxy) is 1. The minimum atomic E-state index is -0.181. The lowest BCUT2D eigenvalue weighted by atomic mass is 9.98. The molecular formula is C13H20FNO. The maximum atomic E-state index is 13.7. The number of benzene rings is 1. The van der Waals surface area contributed by atoms with Crippen molar-refractivity contribution >= 4 is 0 Å². The van der Waals surface area contributed by atoms with Gasteiger partial charge < -0.3 is 10.1 Å². The van der Waals surface area contributed by atoms with Crippen LogP contribution in [0.2, 0.25) is 0 Å². The Balaban J connectivity index is 3.07. The van der Waals surface area contributed by atoms with Gasteiger partial charge in [0.1, 0.15) is 11.6 Å². The molecule has 1 N–H and O–H groups in total. The second kappa shape index (κ2) is 5.85. The zero-order valence-electron chi connectivity index (χ0n) is 10.4. The lowest BCUT2D eigenvalue weighted by Crippen LogP contribution is -2.11. The molecule has 0 aromatic heterocycles. The van der Waals surface area contributed by atoms with Gasteiger partial charge in [-0.2, -0.15) is 0 Å². The highest BCUT2D eigenvalue weighted by Crippen LogP contribution is 2.27. The Morgan fingerprint density at radius 1 is 1.38 bits per heavy atom. The smallest absolute Gasteiger partial charge is 0.130 e. The number of hydrogen-bond donors (Lipinski definition) is 1. The van der Waals surface area contributed by atoms with Crippen LogP contribution in [0.1, 0.15) is 30.9 Å². The zero-order valence-corrected chi connectivity index (χ0v) is 10.4. The molecule has 1 aromatic rings. The fourth-order valence-corrected chi connectivity index (χ4v) is 1.71. The first-order valence-corrected chi connectivity index (χ1v) is 5.61. The standard InChI is InChI=1S/C13H20FNO/c1-9(2)11-7-10(5-6-15-3)13(16-4)8-12(11)14/h7-9,15H,5-6H2,1-4H3. The molecule has 0 spiro atoms. The van der Waals surface area contributed by atoms with Crippen molar-refractivity contribution in [2.24, 2.45) is 0 Å². The summed E-state index contributed by atoms with van der Waals surface area (Å²) in [6.07, 6.45) is 0.847. The molecule has 0 atom stereocenters. The molecule has 0 heterocycles. The first-order chi connectivity index (χ1) is 7.60. The molecule has 0 fully saturated rings. The van der Waals surface area contributed by atoms with Crippen LogP contribution in [-0.4, -0.2) is 20.7 Å². The van der Waals surface area contributed by atoms with Crippen molar-refractivity contribution in [1.82, 2.24) is 5.32 Å². The molecule has 0 saturated heterocycles. The third kappa shape index (κ3) is 2.95. The highest BCUT2D eigenvalue weighted by Gasteiger charge is 2.12. The summed E-state index contributed by atoms with van der Waals surface area (Å²) in [5.41, 5.74) is 1.81. The van der Waals surface area contributed by atoms with Crippen molar-refractivity contribution in [2.45, 2.75) is 26.2 Å². The predicted molar refractivity (Wildman–Crippen MR) is 64.7 cm³/mol. The van der Waals surface area contributed by atoms with Crippen LogP contribution in [0.4, 0.5) is 4.39 Å². The van der Waals surface area contributed by atoms with Gasteiger partial charge in [0.2, 0.25) is 0 Å². The van der Waals surface area contributed by atoms with E-state index in [-0.39, 0.29) is 11.7 Å². The van der Waals surface area contributed by atoms with Gasteiger partial charge in [-0.1, -0.05) is 13.8 Å². The molecule has 3 heteroatoms. The molecule has 0 unspecified atom stereocenters. The average molecular weight is 225 g/mol. The molecule has 0 aliphatic carbocycles. The fraction of sp³-hybridized carbons (Fsp3) is 0.538. The summed E-state index contributed by atoms with van der Waals surface area (Å²) in [6, 6.07) is 3.40. The maximum Gasteiger partial charge on any atom is 0.130 e. The topological polar surface area (TPSA) is 21.3 Å². The summed E-state index contributed by atoms with van der Waals surface area (Å²) >= 11 is 0. The van der Waals surface area contributed by atoms with Crippen LogP contribution in [0, 0.1) is 5.82 Å². The summed E-state index contributed by atoms with van der Waals surface area (Å²) in [5, 5.41) is 3.08. The Labute approximate surface area is 96.8 Å². The van der Waals surface area contributed by atoms with Gasteiger partial charge in [0.25, 0.3) is 0 Å². The van der Waals surface area contributed by atoms with Crippen LogP contribution in [0.5, 0.6) is 5.75 Å². The molecule has 16 heavy (non-hydrogen) atoms. The predicted octanol–water partition coefficient (Wildman–Crippen LogP) is 2.72. The van der Waals surface area contributed by atoms with E-state index in [9.17, 15) is 4.39 Å². The molecule has 90 valence electrons. The lowest BCUT2D eigenvalue weighted by molar-refractivity contribution is 0.404. The maximum absolute atomic E-state index is 13.7. The third-order valence-corrected chi connectivity index (χ3v) is 2.67. The van der Waals surface area contributed by atoms with Crippen molar-refractivity contribution in [1.29, 1.82) is 0 Å². The molecule has 0 radical (unpaired) electrons. The Bertz CT molecular complexity index is 350. The van der Waals surface area contributed by atoms with E-state index in [1.807, 2.05) is 27.0 Å². The molecule has 0 bridgehead atoms. The molecule has 2 nitrogen and oxygen atoms in total. The molecule has 0 aliphatic rings. The van der Waals surface area contributed by atoms with Crippen LogP contribution < -0.4 is 10.1 Å². The van der Waals surface area contributed by atoms with Crippen molar-refractivity contribution in [3.8, 4) is 5.75 Å². The number of likely N-dealkylation sites (N-methyl/N-ethyl adjacent to an activating group) is 1. The summed E-state index contributed by atoms with van der Waals surface area (Å²) in [5.74, 6) is 0.649. The van der Waals surface area contributed by atoms with Crippen LogP contribution in [0.15, 0.2) is 12.1 Å². The van der Waals surface area contributed by atoms with E-state index in [1.54, 1.807) is 7.11 Å². The zero-order chi connectivity index (χ0) is 12.1. The quantitative estimate of drug-likeness (QED) is 0.832. The minimum absolute atomic E-state index is 0.181. The SMILES string of the molecule is CNCCc1cc(C(C)C)c(F)cc1OC. The molecule has 0 saturated carbocycles. The monoisotopic (exact) mass is 225 g/mol. The highest BCUT2D eigenvalue weighted by atomic mass is 19.1. The van der Waals surface area contributed by atoms with E-state index in [0.29, 0.717) is 5.75 Å². The van der Waals surface area contributed by atoms with E-state index in [0.717, 1.165) is 24.1 Å². The van der Waals surface area contributed by atoms with Crippen molar-refractivity contribution in [2.75, 3.05) is 20.7 Å². The first-order valence-electron chi connectivity index (χ1n) is 5.61. The summed E-state index contributed by atoms with van der Waals surface area (Å²) in [7, 11) is 3.48. The lowest BCUT2D eigenvalue weighted by Gasteiger charge is -2.14. The minimum Gasteiger partial charge on any atom is -0.496 e. The first kappa shape index (κ1) is 13.0. The normalized spacial score (nSPS) is 10.9. The molecule has 1 rings (SSSR count). The van der Waals surface area contributed by atoms with Crippen LogP contribution in [-0.2, 0) is 6.42 Å². The van der Waals surface area contributed by atoms with Crippen molar-refractivity contribution in [3.05, 3.63) is 29.1 Å². The summed E-state index contributed by atoms with van der Waals surface area (Å²) in [6.45, 7) is 4.85. The van der Waals surface area contributed by atoms with E-state index in [2.05, 4.69) is 5.32 Å². The number of hydrogen-bond acceptors (Lipinski definition) is 2. The van der Waals surface area contributed by atoms with Gasteiger partial charge in [0.05, 0.1) is 7.11 Å². The van der Waals surface area contributed by atoms with Gasteiger partial charge in [0.15, 0.2) is 0 Å². The number of rotatable bonds is 5. The molecular weight excluding hydrogens is 205 g/mol. The fourth-order valence-electron chi connectivity index (χ4n) is 1.71. The van der Waals surface area contributed by atoms with Crippen molar-refractivity contribution in [3.63, 3.8) is 0 Å². The van der Waals surface area contributed by atoms with Crippen LogP contribution >= 0.6 is 0 Å². The van der Waals surface area contributed by atoms with Gasteiger partial charge in [0, 0.05) is 6.07 Å². The van der Waals surface area contributed by atoms with E-state index in [4.69, 9.17) is 4.74 Å². The van der Waals surface area contributed by atoms with E-state index >= 15 is 0 Å². The van der Waals surface area contributed by atoms with Gasteiger partial charge in [-0.15, -0.1) is 0 Å². The second-order valence-electron chi connectivity index (χ2n) is 4.19. The van der Waals surface area contributed by atoms with Gasteiger partial charge >= 0.3 is 0 Å².